The Bertz CT molecular complexity index is 1020. The van der Waals surface area contributed by atoms with E-state index in [2.05, 4.69) is 24.0 Å². The Morgan fingerprint density at radius 1 is 1.19 bits per heavy atom. The number of benzene rings is 2. The van der Waals surface area contributed by atoms with Gasteiger partial charge in [0.15, 0.2) is 5.13 Å². The van der Waals surface area contributed by atoms with Gasteiger partial charge < -0.3 is 4.74 Å². The molecule has 5 nitrogen and oxygen atoms in total. The topological polar surface area (TPSA) is 45.7 Å². The second-order valence-electron chi connectivity index (χ2n) is 7.51. The fourth-order valence-electron chi connectivity index (χ4n) is 3.53. The van der Waals surface area contributed by atoms with Gasteiger partial charge in [0.1, 0.15) is 0 Å². The first-order valence-electron chi connectivity index (χ1n) is 10.4. The molecule has 2 aromatic carbocycles. The van der Waals surface area contributed by atoms with Crippen molar-refractivity contribution < 1.29 is 9.53 Å². The van der Waals surface area contributed by atoms with Crippen LogP contribution in [0, 0.1) is 6.92 Å². The van der Waals surface area contributed by atoms with Crippen LogP contribution in [0.5, 0.6) is 0 Å². The predicted octanol–water partition coefficient (Wildman–Crippen LogP) is 4.80. The summed E-state index contributed by atoms with van der Waals surface area (Å²) in [4.78, 5) is 22.1. The van der Waals surface area contributed by atoms with E-state index >= 15 is 0 Å². The molecule has 0 unspecified atom stereocenters. The Morgan fingerprint density at radius 3 is 2.74 bits per heavy atom. The van der Waals surface area contributed by atoms with Crippen LogP contribution < -0.4 is 4.90 Å². The molecule has 31 heavy (non-hydrogen) atoms. The molecule has 164 valence electrons. The maximum Gasteiger partial charge on any atom is 0.252 e. The molecule has 1 aliphatic rings. The first kappa shape index (κ1) is 23.4. The van der Waals surface area contributed by atoms with Crippen molar-refractivity contribution in [2.45, 2.75) is 13.3 Å². The van der Waals surface area contributed by atoms with Gasteiger partial charge >= 0.3 is 0 Å². The molecule has 1 aromatic heterocycles. The van der Waals surface area contributed by atoms with Gasteiger partial charge in [0, 0.05) is 32.3 Å². The number of rotatable bonds is 7. The smallest absolute Gasteiger partial charge is 0.252 e. The molecule has 1 saturated heterocycles. The summed E-state index contributed by atoms with van der Waals surface area (Å²) in [6, 6.07) is 16.1. The third kappa shape index (κ3) is 6.37. The molecule has 2 heterocycles. The zero-order valence-corrected chi connectivity index (χ0v) is 19.3. The number of aryl methyl sites for hydroxylation is 1. The van der Waals surface area contributed by atoms with Crippen molar-refractivity contribution in [3.63, 3.8) is 0 Å². The molecule has 0 aliphatic carbocycles. The number of anilines is 1. The van der Waals surface area contributed by atoms with Gasteiger partial charge in [0.25, 0.3) is 5.91 Å². The van der Waals surface area contributed by atoms with Crippen molar-refractivity contribution >= 4 is 51.1 Å². The van der Waals surface area contributed by atoms with E-state index in [1.807, 2.05) is 47.4 Å². The summed E-state index contributed by atoms with van der Waals surface area (Å²) in [7, 11) is 0. The van der Waals surface area contributed by atoms with E-state index in [0.717, 1.165) is 60.2 Å². The zero-order valence-electron chi connectivity index (χ0n) is 17.7. The largest absolute Gasteiger partial charge is 0.379 e. The molecule has 0 saturated carbocycles. The number of hydrogen-bond donors (Lipinski definition) is 0. The number of nitrogens with zero attached hydrogens (tertiary/aromatic N) is 3. The average molecular weight is 458 g/mol. The third-order valence-corrected chi connectivity index (χ3v) is 6.25. The van der Waals surface area contributed by atoms with Crippen molar-refractivity contribution in [3.8, 4) is 0 Å². The minimum Gasteiger partial charge on any atom is -0.379 e. The number of aromatic nitrogens is 1. The SMILES string of the molecule is Cc1ccc2nc(N(CCCN3CCOCC3)C(=O)/C=C/c3ccccc3)sc2c1.Cl. The van der Waals surface area contributed by atoms with Crippen molar-refractivity contribution in [1.29, 1.82) is 0 Å². The lowest BCUT2D eigenvalue weighted by molar-refractivity contribution is -0.114. The van der Waals surface area contributed by atoms with Gasteiger partial charge in [-0.15, -0.1) is 12.4 Å². The molecule has 0 spiro atoms. The Balaban J connectivity index is 0.00000272. The van der Waals surface area contributed by atoms with Gasteiger partial charge in [0.05, 0.1) is 23.4 Å². The van der Waals surface area contributed by atoms with Crippen molar-refractivity contribution in [1.82, 2.24) is 9.88 Å². The highest BCUT2D eigenvalue weighted by Gasteiger charge is 2.19. The van der Waals surface area contributed by atoms with Crippen LogP contribution in [0.1, 0.15) is 17.5 Å². The molecule has 0 bridgehead atoms. The molecule has 1 aliphatic heterocycles. The van der Waals surface area contributed by atoms with Gasteiger partial charge in [-0.05, 0) is 42.7 Å². The number of morpholine rings is 1. The summed E-state index contributed by atoms with van der Waals surface area (Å²) in [6.45, 7) is 7.18. The minimum absolute atomic E-state index is 0. The van der Waals surface area contributed by atoms with Crippen LogP contribution in [0.4, 0.5) is 5.13 Å². The maximum atomic E-state index is 13.1. The number of amides is 1. The monoisotopic (exact) mass is 457 g/mol. The van der Waals surface area contributed by atoms with Gasteiger partial charge in [-0.3, -0.25) is 14.6 Å². The molecule has 1 amide bonds. The quantitative estimate of drug-likeness (QED) is 0.478. The molecule has 1 fully saturated rings. The zero-order chi connectivity index (χ0) is 20.8. The molecule has 0 atom stereocenters. The van der Waals surface area contributed by atoms with E-state index in [1.165, 1.54) is 5.56 Å². The average Bonchev–Trinajstić information content (AvgIpc) is 3.19. The number of hydrogen-bond acceptors (Lipinski definition) is 5. The summed E-state index contributed by atoms with van der Waals surface area (Å²) < 4.78 is 6.54. The highest BCUT2D eigenvalue weighted by atomic mass is 35.5. The Hall–Kier alpha value is -2.25. The maximum absolute atomic E-state index is 13.1. The first-order chi connectivity index (χ1) is 14.7. The van der Waals surface area contributed by atoms with Gasteiger partial charge in [-0.2, -0.15) is 0 Å². The molecule has 0 radical (unpaired) electrons. The third-order valence-electron chi connectivity index (χ3n) is 5.21. The fourth-order valence-corrected chi connectivity index (χ4v) is 4.63. The Morgan fingerprint density at radius 2 is 1.97 bits per heavy atom. The van der Waals surface area contributed by atoms with Crippen LogP contribution in [-0.4, -0.2) is 55.2 Å². The number of fused-ring (bicyclic) bond motifs is 1. The lowest BCUT2D eigenvalue weighted by Gasteiger charge is -2.27. The number of ether oxygens (including phenoxy) is 1. The van der Waals surface area contributed by atoms with Gasteiger partial charge in [-0.1, -0.05) is 47.7 Å². The standard InChI is InChI=1S/C24H27N3O2S.ClH/c1-19-8-10-21-22(18-19)30-24(25-21)27(13-5-12-26-14-16-29-17-15-26)23(28)11-9-20-6-3-2-4-7-20;/h2-4,6-11,18H,5,12-17H2,1H3;1H/b11-9+;. The number of halogens is 1. The molecule has 3 aromatic rings. The molecule has 4 rings (SSSR count). The van der Waals surface area contributed by atoms with Crippen molar-refractivity contribution in [3.05, 3.63) is 65.7 Å². The Labute approximate surface area is 193 Å². The normalized spacial score (nSPS) is 14.6. The van der Waals surface area contributed by atoms with Crippen LogP contribution in [0.2, 0.25) is 0 Å². The summed E-state index contributed by atoms with van der Waals surface area (Å²) in [5, 5.41) is 0.764. The Kier molecular flexibility index (Phi) is 8.60. The lowest BCUT2D eigenvalue weighted by atomic mass is 10.2. The van der Waals surface area contributed by atoms with Crippen LogP contribution in [0.15, 0.2) is 54.6 Å². The highest BCUT2D eigenvalue weighted by Crippen LogP contribution is 2.30. The van der Waals surface area contributed by atoms with Gasteiger partial charge in [0.2, 0.25) is 0 Å². The second kappa shape index (κ2) is 11.4. The first-order valence-corrected chi connectivity index (χ1v) is 11.2. The van der Waals surface area contributed by atoms with E-state index in [4.69, 9.17) is 9.72 Å². The van der Waals surface area contributed by atoms with Crippen LogP contribution >= 0.6 is 23.7 Å². The van der Waals surface area contributed by atoms with Gasteiger partial charge in [-0.25, -0.2) is 4.98 Å². The predicted molar refractivity (Wildman–Crippen MR) is 131 cm³/mol. The van der Waals surface area contributed by atoms with Crippen LogP contribution in [0.3, 0.4) is 0 Å². The summed E-state index contributed by atoms with van der Waals surface area (Å²) in [5.41, 5.74) is 3.16. The van der Waals surface area contributed by atoms with E-state index in [0.29, 0.717) is 6.54 Å². The van der Waals surface area contributed by atoms with E-state index in [9.17, 15) is 4.79 Å². The molecule has 0 N–H and O–H groups in total. The fraction of sp³-hybridized carbons (Fsp3) is 0.333. The molecular formula is C24H28ClN3O2S. The lowest BCUT2D eigenvalue weighted by Crippen LogP contribution is -2.39. The van der Waals surface area contributed by atoms with Crippen molar-refractivity contribution in [2.24, 2.45) is 0 Å². The molecular weight excluding hydrogens is 430 g/mol. The number of thiazole rings is 1. The van der Waals surface area contributed by atoms with E-state index < -0.39 is 0 Å². The highest BCUT2D eigenvalue weighted by molar-refractivity contribution is 7.22. The second-order valence-corrected chi connectivity index (χ2v) is 8.52. The number of carbonyl (C=O) groups is 1. The van der Waals surface area contributed by atoms with Crippen LogP contribution in [0.25, 0.3) is 16.3 Å². The summed E-state index contributed by atoms with van der Waals surface area (Å²) in [5.74, 6) is -0.0309. The van der Waals surface area contributed by atoms with Crippen LogP contribution in [-0.2, 0) is 9.53 Å². The summed E-state index contributed by atoms with van der Waals surface area (Å²) >= 11 is 1.58. The molecule has 7 heteroatoms. The minimum atomic E-state index is -0.0309. The summed E-state index contributed by atoms with van der Waals surface area (Å²) in [6.07, 6.45) is 4.43. The van der Waals surface area contributed by atoms with Crippen molar-refractivity contribution in [2.75, 3.05) is 44.3 Å². The van der Waals surface area contributed by atoms with E-state index in [1.54, 1.807) is 17.4 Å². The number of carbonyl (C=O) groups excluding carboxylic acids is 1. The van der Waals surface area contributed by atoms with E-state index in [-0.39, 0.29) is 18.3 Å².